The van der Waals surface area contributed by atoms with Gasteiger partial charge in [0, 0.05) is 26.2 Å². The zero-order valence-corrected chi connectivity index (χ0v) is 12.6. The first-order valence-corrected chi connectivity index (χ1v) is 0. The molecule has 0 aliphatic rings. The van der Waals surface area contributed by atoms with Crippen LogP contribution in [0.2, 0.25) is 0 Å². The van der Waals surface area contributed by atoms with Crippen molar-refractivity contribution in [3.63, 3.8) is 0 Å². The Labute approximate surface area is 79.6 Å². The summed E-state index contributed by atoms with van der Waals surface area (Å²) in [5.41, 5.74) is 0. The van der Waals surface area contributed by atoms with Crippen molar-refractivity contribution in [2.75, 3.05) is 0 Å². The van der Waals surface area contributed by atoms with Crippen LogP contribution in [0.15, 0.2) is 0 Å². The van der Waals surface area contributed by atoms with Crippen molar-refractivity contribution >= 4 is 49.3 Å². The number of hydrogen-bond donors (Lipinski definition) is 0. The quantitative estimate of drug-likeness (QED) is 0.467. The molecule has 0 saturated heterocycles. The van der Waals surface area contributed by atoms with Gasteiger partial charge in [0.25, 0.3) is 0 Å². The third kappa shape index (κ3) is 8.82. The summed E-state index contributed by atoms with van der Waals surface area (Å²) < 4.78 is 0. The van der Waals surface area contributed by atoms with E-state index in [9.17, 15) is 0 Å². The van der Waals surface area contributed by atoms with E-state index in [1.54, 1.807) is 0 Å². The zero-order valence-electron chi connectivity index (χ0n) is 2.65. The van der Waals surface area contributed by atoms with Crippen LogP contribution in [0.25, 0.3) is 0 Å². The summed E-state index contributed by atoms with van der Waals surface area (Å²) in [6.07, 6.45) is 0. The molecule has 0 bridgehead atoms. The molecule has 0 aliphatic heterocycles. The molecule has 0 spiro atoms. The largest absolute Gasteiger partial charge is 0.870 e. The minimum atomic E-state index is 0. The molecule has 4 heteroatoms. The topological polar surface area (TPSA) is 30.0 Å². The molecule has 0 fully saturated rings. The van der Waals surface area contributed by atoms with E-state index < -0.39 is 0 Å². The van der Waals surface area contributed by atoms with Crippen LogP contribution in [-0.2, 0) is 26.2 Å². The summed E-state index contributed by atoms with van der Waals surface area (Å²) in [4.78, 5) is 0. The van der Waals surface area contributed by atoms with Gasteiger partial charge in [-0.05, 0) is 0 Å². The minimum absolute atomic E-state index is 0. The SMILES string of the molecule is [BiH3].[MgH+].[OH-].[Zr]. The monoisotopic (exact) mass is 344 g/mol. The Balaban J connectivity index is 0. The van der Waals surface area contributed by atoms with Crippen molar-refractivity contribution in [1.82, 2.24) is 0 Å². The summed E-state index contributed by atoms with van der Waals surface area (Å²) >= 11 is 0. The Bertz CT molecular complexity index is 8.00. The van der Waals surface area contributed by atoms with Crippen molar-refractivity contribution in [2.45, 2.75) is 0 Å². The molecule has 0 unspecified atom stereocenters. The molecule has 0 aromatic rings. The van der Waals surface area contributed by atoms with Gasteiger partial charge in [-0.3, -0.25) is 0 Å². The predicted octanol–water partition coefficient (Wildman–Crippen LogP) is -2.01. The van der Waals surface area contributed by atoms with Crippen molar-refractivity contribution in [3.8, 4) is 0 Å². The molecule has 0 atom stereocenters. The van der Waals surface area contributed by atoms with Gasteiger partial charge in [0.05, 0.1) is 0 Å². The second-order valence-corrected chi connectivity index (χ2v) is 0. The van der Waals surface area contributed by atoms with Gasteiger partial charge in [-0.2, -0.15) is 0 Å². The van der Waals surface area contributed by atoms with E-state index >= 15 is 0 Å². The summed E-state index contributed by atoms with van der Waals surface area (Å²) in [5, 5.41) is 0. The maximum absolute atomic E-state index is 0. The molecular weight excluding hydrogens is 341 g/mol. The maximum atomic E-state index is 0. The Kier molecular flexibility index (Phi) is 141. The summed E-state index contributed by atoms with van der Waals surface area (Å²) in [6, 6.07) is 0. The molecule has 0 amide bonds. The fourth-order valence-electron chi connectivity index (χ4n) is 0. The molecule has 0 rings (SSSR count). The van der Waals surface area contributed by atoms with Crippen LogP contribution in [0.5, 0.6) is 0 Å². The summed E-state index contributed by atoms with van der Waals surface area (Å²) in [5.74, 6) is 0. The van der Waals surface area contributed by atoms with Crippen LogP contribution in [0.3, 0.4) is 0 Å². The molecule has 0 aromatic carbocycles. The van der Waals surface area contributed by atoms with Crippen molar-refractivity contribution < 1.29 is 31.7 Å². The van der Waals surface area contributed by atoms with E-state index in [-0.39, 0.29) is 80.9 Å². The van der Waals surface area contributed by atoms with Gasteiger partial charge in [-0.15, -0.1) is 0 Å². The zero-order chi connectivity index (χ0) is 0. The van der Waals surface area contributed by atoms with E-state index in [0.717, 1.165) is 0 Å². The minimum Gasteiger partial charge on any atom is -0.870 e. The molecule has 0 aromatic heterocycles. The Morgan fingerprint density at radius 3 is 1.00 bits per heavy atom. The molecule has 0 aliphatic carbocycles. The van der Waals surface area contributed by atoms with Gasteiger partial charge >= 0.3 is 49.3 Å². The average Bonchev–Trinajstić information content (AvgIpc) is 0. The molecule has 1 N–H and O–H groups in total. The maximum Gasteiger partial charge on any atom is 0 e. The third-order valence-electron chi connectivity index (χ3n) is 0. The van der Waals surface area contributed by atoms with Gasteiger partial charge in [-0.1, -0.05) is 0 Å². The first-order valence-electron chi connectivity index (χ1n) is 0. The van der Waals surface area contributed by atoms with Gasteiger partial charge < -0.3 is 5.48 Å². The molecule has 0 heterocycles. The molecule has 0 radical (unpaired) electrons. The standard InChI is InChI=1S/Bi.Mg.H2O.Zr.4H/h;;1H2;;;;;/q;+1;;;;;;/p-1. The van der Waals surface area contributed by atoms with Crippen molar-refractivity contribution in [1.29, 1.82) is 0 Å². The van der Waals surface area contributed by atoms with E-state index in [0.29, 0.717) is 0 Å². The fourth-order valence-corrected chi connectivity index (χ4v) is 0. The second kappa shape index (κ2) is 17.8. The van der Waals surface area contributed by atoms with Crippen LogP contribution in [-0.4, -0.2) is 54.7 Å². The van der Waals surface area contributed by atoms with Crippen LogP contribution in [0, 0.1) is 0 Å². The first kappa shape index (κ1) is 31.5. The Hall–Kier alpha value is 2.49. The van der Waals surface area contributed by atoms with Crippen LogP contribution in [0.1, 0.15) is 0 Å². The van der Waals surface area contributed by atoms with Crippen LogP contribution < -0.4 is 0 Å². The van der Waals surface area contributed by atoms with Gasteiger partial charge in [0.2, 0.25) is 0 Å². The number of hydrogen-bond acceptors (Lipinski definition) is 1. The predicted molar refractivity (Wildman–Crippen MR) is 19.0 cm³/mol. The fraction of sp³-hybridized carbons (Fsp3) is 0. The van der Waals surface area contributed by atoms with E-state index in [4.69, 9.17) is 0 Å². The smallest absolute Gasteiger partial charge is 0 e. The van der Waals surface area contributed by atoms with Gasteiger partial charge in [0.15, 0.2) is 0 Å². The molecule has 0 saturated carbocycles. The normalized spacial score (nSPS) is 0. The summed E-state index contributed by atoms with van der Waals surface area (Å²) in [6.45, 7) is 0. The molecular formula is H5BiMgOZr. The van der Waals surface area contributed by atoms with Crippen molar-refractivity contribution in [2.24, 2.45) is 0 Å². The number of rotatable bonds is 0. The Morgan fingerprint density at radius 1 is 1.00 bits per heavy atom. The summed E-state index contributed by atoms with van der Waals surface area (Å²) in [7, 11) is 0. The third-order valence-corrected chi connectivity index (χ3v) is 0. The van der Waals surface area contributed by atoms with E-state index in [1.807, 2.05) is 0 Å². The molecule has 22 valence electrons. The van der Waals surface area contributed by atoms with Crippen LogP contribution >= 0.6 is 0 Å². The Morgan fingerprint density at radius 2 is 1.00 bits per heavy atom. The van der Waals surface area contributed by atoms with Gasteiger partial charge in [-0.25, -0.2) is 0 Å². The first-order chi connectivity index (χ1) is 0. The van der Waals surface area contributed by atoms with Gasteiger partial charge in [0.1, 0.15) is 0 Å². The second-order valence-electron chi connectivity index (χ2n) is 0. The molecule has 1 nitrogen and oxygen atoms in total. The van der Waals surface area contributed by atoms with E-state index in [2.05, 4.69) is 0 Å². The van der Waals surface area contributed by atoms with Crippen molar-refractivity contribution in [3.05, 3.63) is 0 Å². The van der Waals surface area contributed by atoms with Crippen LogP contribution in [0.4, 0.5) is 0 Å². The van der Waals surface area contributed by atoms with E-state index in [1.165, 1.54) is 0 Å². The average molecular weight is 346 g/mol. The molecule has 4 heavy (non-hydrogen) atoms.